The molecule has 5 nitrogen and oxygen atoms in total. The van der Waals surface area contributed by atoms with Crippen molar-refractivity contribution in [2.24, 2.45) is 4.99 Å². The van der Waals surface area contributed by atoms with Crippen molar-refractivity contribution < 1.29 is 0 Å². The van der Waals surface area contributed by atoms with Crippen LogP contribution in [0, 0.1) is 0 Å². The van der Waals surface area contributed by atoms with E-state index in [0.717, 1.165) is 0 Å². The predicted octanol–water partition coefficient (Wildman–Crippen LogP) is 1.38. The maximum atomic E-state index is 11.9. The molecule has 2 rings (SSSR count). The molecule has 90 valence electrons. The first-order valence-electron chi connectivity index (χ1n) is 5.53. The Morgan fingerprint density at radius 1 is 1.35 bits per heavy atom. The Balaban J connectivity index is 2.60. The van der Waals surface area contributed by atoms with Crippen LogP contribution in [-0.4, -0.2) is 13.5 Å². The van der Waals surface area contributed by atoms with Gasteiger partial charge < -0.3 is 0 Å². The van der Waals surface area contributed by atoms with Crippen LogP contribution in [0.4, 0.5) is 5.82 Å². The molecule has 0 N–H and O–H groups in total. The molecule has 6 heteroatoms. The van der Waals surface area contributed by atoms with Gasteiger partial charge >= 0.3 is 5.69 Å². The fraction of sp³-hybridized carbons (Fsp3) is 0.364. The van der Waals surface area contributed by atoms with Crippen molar-refractivity contribution in [3.63, 3.8) is 0 Å². The zero-order valence-corrected chi connectivity index (χ0v) is 10.6. The first kappa shape index (κ1) is 11.8. The quantitative estimate of drug-likeness (QED) is 0.826. The number of hydrogen-bond acceptors (Lipinski definition) is 4. The number of pyridine rings is 1. The molecule has 2 aromatic rings. The van der Waals surface area contributed by atoms with Crippen molar-refractivity contribution in [1.29, 1.82) is 0 Å². The van der Waals surface area contributed by atoms with E-state index in [4.69, 9.17) is 0 Å². The van der Waals surface area contributed by atoms with Gasteiger partial charge in [-0.15, -0.1) is 0 Å². The third-order valence-electron chi connectivity index (χ3n) is 2.33. The molecule has 2 aromatic heterocycles. The van der Waals surface area contributed by atoms with Crippen LogP contribution >= 0.6 is 11.5 Å². The average Bonchev–Trinajstić information content (AvgIpc) is 2.66. The van der Waals surface area contributed by atoms with Crippen molar-refractivity contribution in [1.82, 2.24) is 13.5 Å². The van der Waals surface area contributed by atoms with Crippen molar-refractivity contribution >= 4 is 17.4 Å². The fourth-order valence-electron chi connectivity index (χ4n) is 1.47. The minimum Gasteiger partial charge on any atom is -0.268 e. The van der Waals surface area contributed by atoms with E-state index >= 15 is 0 Å². The molecule has 0 fully saturated rings. The highest BCUT2D eigenvalue weighted by atomic mass is 32.1. The van der Waals surface area contributed by atoms with Crippen LogP contribution < -0.4 is 10.5 Å². The topological polar surface area (TPSA) is 52.2 Å². The third kappa shape index (κ3) is 2.36. The Morgan fingerprint density at radius 2 is 2.18 bits per heavy atom. The van der Waals surface area contributed by atoms with Gasteiger partial charge in [-0.05, 0) is 37.5 Å². The van der Waals surface area contributed by atoms with E-state index in [9.17, 15) is 4.79 Å². The molecule has 0 radical (unpaired) electrons. The van der Waals surface area contributed by atoms with Gasteiger partial charge in [-0.3, -0.25) is 4.57 Å². The zero-order chi connectivity index (χ0) is 12.3. The maximum Gasteiger partial charge on any atom is 0.339 e. The Bertz CT molecular complexity index is 608. The smallest absolute Gasteiger partial charge is 0.268 e. The number of nitrogens with zero attached hydrogens (tertiary/aromatic N) is 4. The lowest BCUT2D eigenvalue weighted by atomic mass is 10.5. The first-order valence-corrected chi connectivity index (χ1v) is 6.30. The molecule has 2 heterocycles. The summed E-state index contributed by atoms with van der Waals surface area (Å²) < 4.78 is 3.34. The second-order valence-corrected chi connectivity index (χ2v) is 4.38. The maximum absolute atomic E-state index is 11.9. The molecule has 0 amide bonds. The van der Waals surface area contributed by atoms with Crippen molar-refractivity contribution in [3.8, 4) is 0 Å². The predicted molar refractivity (Wildman–Crippen MR) is 67.4 cm³/mol. The largest absolute Gasteiger partial charge is 0.339 e. The van der Waals surface area contributed by atoms with E-state index in [2.05, 4.69) is 9.98 Å². The molecule has 0 saturated carbocycles. The van der Waals surface area contributed by atoms with E-state index in [1.165, 1.54) is 11.5 Å². The van der Waals surface area contributed by atoms with Gasteiger partial charge in [-0.2, -0.15) is 4.99 Å². The lowest BCUT2D eigenvalue weighted by Crippen LogP contribution is -2.28. The lowest BCUT2D eigenvalue weighted by molar-refractivity contribution is 0.650. The van der Waals surface area contributed by atoms with Gasteiger partial charge in [0.15, 0.2) is 5.82 Å². The molecule has 17 heavy (non-hydrogen) atoms. The molecule has 0 unspecified atom stereocenters. The number of aromatic nitrogens is 3. The monoisotopic (exact) mass is 250 g/mol. The van der Waals surface area contributed by atoms with Crippen LogP contribution in [0.3, 0.4) is 0 Å². The molecule has 0 aliphatic rings. The van der Waals surface area contributed by atoms with E-state index < -0.39 is 0 Å². The number of hydrogen-bond donors (Lipinski definition) is 0. The summed E-state index contributed by atoms with van der Waals surface area (Å²) in [5.74, 6) is 0.624. The highest BCUT2D eigenvalue weighted by Crippen LogP contribution is 2.03. The molecule has 0 aromatic carbocycles. The van der Waals surface area contributed by atoms with Crippen LogP contribution in [-0.2, 0) is 13.1 Å². The van der Waals surface area contributed by atoms with E-state index in [-0.39, 0.29) is 5.69 Å². The summed E-state index contributed by atoms with van der Waals surface area (Å²) in [6.07, 6.45) is 1.69. The second-order valence-electron chi connectivity index (χ2n) is 3.40. The van der Waals surface area contributed by atoms with E-state index in [0.29, 0.717) is 23.7 Å². The minimum absolute atomic E-state index is 0.00492. The minimum atomic E-state index is -0.00492. The van der Waals surface area contributed by atoms with Crippen LogP contribution in [0.25, 0.3) is 0 Å². The average molecular weight is 250 g/mol. The van der Waals surface area contributed by atoms with Crippen molar-refractivity contribution in [3.05, 3.63) is 39.7 Å². The van der Waals surface area contributed by atoms with Crippen LogP contribution in [0.1, 0.15) is 13.8 Å². The summed E-state index contributed by atoms with van der Waals surface area (Å²) in [5, 5.41) is 0. The van der Waals surface area contributed by atoms with Crippen molar-refractivity contribution in [2.75, 3.05) is 0 Å². The van der Waals surface area contributed by atoms with Gasteiger partial charge in [0.2, 0.25) is 4.80 Å². The van der Waals surface area contributed by atoms with Gasteiger partial charge in [0.25, 0.3) is 0 Å². The van der Waals surface area contributed by atoms with Gasteiger partial charge in [0.05, 0.1) is 0 Å². The standard InChI is InChI=1S/C11H14N4OS/c1-3-14-10(17-15(4-2)11(14)16)13-9-7-5-6-8-12-9/h5-8H,3-4H2,1-2H3/b13-10-. The zero-order valence-electron chi connectivity index (χ0n) is 9.83. The molecule has 0 atom stereocenters. The normalized spacial score (nSPS) is 12.0. The van der Waals surface area contributed by atoms with Crippen LogP contribution in [0.5, 0.6) is 0 Å². The summed E-state index contributed by atoms with van der Waals surface area (Å²) in [7, 11) is 0. The lowest BCUT2D eigenvalue weighted by Gasteiger charge is -1.93. The van der Waals surface area contributed by atoms with E-state index in [1.54, 1.807) is 14.7 Å². The Hall–Kier alpha value is -1.69. The number of aryl methyl sites for hydroxylation is 1. The Kier molecular flexibility index (Phi) is 3.53. The van der Waals surface area contributed by atoms with Crippen LogP contribution in [0.2, 0.25) is 0 Å². The van der Waals surface area contributed by atoms with Gasteiger partial charge in [0.1, 0.15) is 0 Å². The SMILES string of the molecule is CCn1s/c(=N\c2ccccn2)n(CC)c1=O. The Labute approximate surface area is 103 Å². The highest BCUT2D eigenvalue weighted by molar-refractivity contribution is 7.03. The van der Waals surface area contributed by atoms with Gasteiger partial charge in [0, 0.05) is 19.3 Å². The third-order valence-corrected chi connectivity index (χ3v) is 3.44. The summed E-state index contributed by atoms with van der Waals surface area (Å²) in [4.78, 5) is 21.1. The molecular weight excluding hydrogens is 236 g/mol. The fourth-order valence-corrected chi connectivity index (χ4v) is 2.42. The molecule has 0 saturated heterocycles. The first-order chi connectivity index (χ1) is 8.26. The summed E-state index contributed by atoms with van der Waals surface area (Å²) in [6, 6.07) is 5.54. The Morgan fingerprint density at radius 3 is 2.76 bits per heavy atom. The van der Waals surface area contributed by atoms with Crippen LogP contribution in [0.15, 0.2) is 34.2 Å². The number of rotatable bonds is 3. The van der Waals surface area contributed by atoms with E-state index in [1.807, 2.05) is 32.0 Å². The highest BCUT2D eigenvalue weighted by Gasteiger charge is 2.05. The molecule has 0 bridgehead atoms. The van der Waals surface area contributed by atoms with Crippen molar-refractivity contribution in [2.45, 2.75) is 26.9 Å². The summed E-state index contributed by atoms with van der Waals surface area (Å²) in [6.45, 7) is 5.17. The van der Waals surface area contributed by atoms with Gasteiger partial charge in [-0.25, -0.2) is 13.7 Å². The summed E-state index contributed by atoms with van der Waals surface area (Å²) in [5.41, 5.74) is -0.00492. The van der Waals surface area contributed by atoms with Gasteiger partial charge in [-0.1, -0.05) is 6.07 Å². The second kappa shape index (κ2) is 5.09. The molecule has 0 spiro atoms. The molecular formula is C11H14N4OS. The molecule has 0 aliphatic heterocycles. The summed E-state index contributed by atoms with van der Waals surface area (Å²) >= 11 is 1.37. The molecule has 0 aliphatic carbocycles.